The minimum Gasteiger partial charge on any atom is -0.488 e. The number of benzene rings is 3. The Labute approximate surface area is 169 Å². The van der Waals surface area contributed by atoms with Crippen molar-refractivity contribution in [3.8, 4) is 11.8 Å². The van der Waals surface area contributed by atoms with Gasteiger partial charge in [0, 0.05) is 16.1 Å². The molecule has 0 aliphatic carbocycles. The summed E-state index contributed by atoms with van der Waals surface area (Å²) in [6.07, 6.45) is 1.32. The number of hydrogen-bond acceptors (Lipinski definition) is 4. The third-order valence-electron chi connectivity index (χ3n) is 4.00. The SMILES string of the molecule is N#C/C(=C\c1ccccc1OCc1ccccc1Cl)S(=O)(=O)c1ccccc1. The Morgan fingerprint density at radius 3 is 2.32 bits per heavy atom. The third kappa shape index (κ3) is 4.42. The average molecular weight is 410 g/mol. The summed E-state index contributed by atoms with van der Waals surface area (Å²) in [5, 5.41) is 10.0. The first-order valence-corrected chi connectivity index (χ1v) is 10.3. The van der Waals surface area contributed by atoms with Crippen molar-refractivity contribution in [2.24, 2.45) is 0 Å². The second-order valence-electron chi connectivity index (χ2n) is 5.85. The smallest absolute Gasteiger partial charge is 0.216 e. The van der Waals surface area contributed by atoms with Gasteiger partial charge in [0.25, 0.3) is 0 Å². The van der Waals surface area contributed by atoms with Crippen molar-refractivity contribution >= 4 is 27.5 Å². The molecule has 3 aromatic carbocycles. The molecule has 140 valence electrons. The highest BCUT2D eigenvalue weighted by Crippen LogP contribution is 2.27. The fourth-order valence-corrected chi connectivity index (χ4v) is 3.90. The topological polar surface area (TPSA) is 67.2 Å². The molecule has 0 saturated carbocycles. The maximum absolute atomic E-state index is 12.8. The Balaban J connectivity index is 1.93. The second kappa shape index (κ2) is 8.75. The molecule has 3 rings (SSSR count). The van der Waals surface area contributed by atoms with Crippen LogP contribution in [0.1, 0.15) is 11.1 Å². The van der Waals surface area contributed by atoms with E-state index >= 15 is 0 Å². The van der Waals surface area contributed by atoms with Gasteiger partial charge < -0.3 is 4.74 Å². The molecule has 0 fully saturated rings. The molecule has 0 aliphatic heterocycles. The number of sulfone groups is 1. The largest absolute Gasteiger partial charge is 0.488 e. The first-order chi connectivity index (χ1) is 13.5. The number of nitrogens with zero attached hydrogens (tertiary/aromatic N) is 1. The first kappa shape index (κ1) is 19.7. The molecule has 0 unspecified atom stereocenters. The molecule has 0 saturated heterocycles. The minimum absolute atomic E-state index is 0.0669. The summed E-state index contributed by atoms with van der Waals surface area (Å²) in [5.74, 6) is 0.457. The lowest BCUT2D eigenvalue weighted by atomic mass is 10.2. The van der Waals surface area contributed by atoms with Gasteiger partial charge in [0.1, 0.15) is 23.3 Å². The Morgan fingerprint density at radius 1 is 0.964 bits per heavy atom. The molecular weight excluding hydrogens is 394 g/mol. The van der Waals surface area contributed by atoms with Gasteiger partial charge in [0.15, 0.2) is 0 Å². The molecule has 0 radical (unpaired) electrons. The number of ether oxygens (including phenoxy) is 1. The van der Waals surface area contributed by atoms with Crippen molar-refractivity contribution in [3.05, 3.63) is 99.9 Å². The monoisotopic (exact) mass is 409 g/mol. The summed E-state index contributed by atoms with van der Waals surface area (Å²) < 4.78 is 31.3. The van der Waals surface area contributed by atoms with Crippen LogP contribution in [0.3, 0.4) is 0 Å². The number of halogens is 1. The number of allylic oxidation sites excluding steroid dienone is 1. The van der Waals surface area contributed by atoms with E-state index in [4.69, 9.17) is 16.3 Å². The number of para-hydroxylation sites is 1. The molecule has 0 aliphatic rings. The molecule has 28 heavy (non-hydrogen) atoms. The zero-order valence-corrected chi connectivity index (χ0v) is 16.3. The second-order valence-corrected chi connectivity index (χ2v) is 8.18. The maximum atomic E-state index is 12.8. The maximum Gasteiger partial charge on any atom is 0.216 e. The van der Waals surface area contributed by atoms with Gasteiger partial charge in [0.2, 0.25) is 9.84 Å². The fraction of sp³-hybridized carbons (Fsp3) is 0.0455. The first-order valence-electron chi connectivity index (χ1n) is 8.39. The highest BCUT2D eigenvalue weighted by Gasteiger charge is 2.21. The van der Waals surface area contributed by atoms with Crippen LogP contribution in [0, 0.1) is 11.3 Å². The van der Waals surface area contributed by atoms with Crippen molar-refractivity contribution < 1.29 is 13.2 Å². The summed E-state index contributed by atoms with van der Waals surface area (Å²) in [4.78, 5) is -0.287. The zero-order valence-electron chi connectivity index (χ0n) is 14.7. The van der Waals surface area contributed by atoms with Crippen LogP contribution < -0.4 is 4.74 Å². The predicted molar refractivity (Wildman–Crippen MR) is 109 cm³/mol. The van der Waals surface area contributed by atoms with E-state index in [0.29, 0.717) is 16.3 Å². The lowest BCUT2D eigenvalue weighted by Gasteiger charge is -2.11. The predicted octanol–water partition coefficient (Wildman–Crippen LogP) is 5.26. The van der Waals surface area contributed by atoms with E-state index < -0.39 is 9.84 Å². The van der Waals surface area contributed by atoms with Gasteiger partial charge in [-0.1, -0.05) is 66.2 Å². The summed E-state index contributed by atoms with van der Waals surface area (Å²) in [6, 6.07) is 23.9. The third-order valence-corrected chi connectivity index (χ3v) is 6.05. The van der Waals surface area contributed by atoms with Crippen LogP contribution in [-0.2, 0) is 16.4 Å². The van der Waals surface area contributed by atoms with Crippen molar-refractivity contribution in [2.45, 2.75) is 11.5 Å². The Morgan fingerprint density at radius 2 is 1.61 bits per heavy atom. The number of rotatable bonds is 6. The van der Waals surface area contributed by atoms with E-state index in [2.05, 4.69) is 0 Å². The summed E-state index contributed by atoms with van der Waals surface area (Å²) in [7, 11) is -3.92. The van der Waals surface area contributed by atoms with Crippen LogP contribution in [0.2, 0.25) is 5.02 Å². The van der Waals surface area contributed by atoms with Crippen molar-refractivity contribution in [1.82, 2.24) is 0 Å². The summed E-state index contributed by atoms with van der Waals surface area (Å²) in [6.45, 7) is 0.220. The van der Waals surface area contributed by atoms with Gasteiger partial charge in [-0.15, -0.1) is 0 Å². The Bertz CT molecular complexity index is 1150. The van der Waals surface area contributed by atoms with E-state index in [1.54, 1.807) is 54.6 Å². The summed E-state index contributed by atoms with van der Waals surface area (Å²) >= 11 is 6.15. The van der Waals surface area contributed by atoms with Crippen LogP contribution in [0.15, 0.2) is 88.7 Å². The molecule has 0 N–H and O–H groups in total. The summed E-state index contributed by atoms with van der Waals surface area (Å²) in [5.41, 5.74) is 1.30. The number of hydrogen-bond donors (Lipinski definition) is 0. The molecule has 4 nitrogen and oxygen atoms in total. The fourth-order valence-electron chi connectivity index (χ4n) is 2.54. The van der Waals surface area contributed by atoms with E-state index in [0.717, 1.165) is 5.56 Å². The van der Waals surface area contributed by atoms with Gasteiger partial charge >= 0.3 is 0 Å². The van der Waals surface area contributed by atoms with E-state index in [9.17, 15) is 13.7 Å². The lowest BCUT2D eigenvalue weighted by Crippen LogP contribution is -2.04. The van der Waals surface area contributed by atoms with Crippen LogP contribution >= 0.6 is 11.6 Å². The normalized spacial score (nSPS) is 11.6. The molecule has 0 aromatic heterocycles. The van der Waals surface area contributed by atoms with E-state index in [1.165, 1.54) is 18.2 Å². The van der Waals surface area contributed by atoms with Gasteiger partial charge in [-0.3, -0.25) is 0 Å². The highest BCUT2D eigenvalue weighted by atomic mass is 35.5. The van der Waals surface area contributed by atoms with E-state index in [1.807, 2.05) is 18.2 Å². The van der Waals surface area contributed by atoms with Crippen LogP contribution in [0.5, 0.6) is 5.75 Å². The zero-order chi connectivity index (χ0) is 20.0. The van der Waals surface area contributed by atoms with Crippen molar-refractivity contribution in [3.63, 3.8) is 0 Å². The molecule has 0 heterocycles. The minimum atomic E-state index is -3.92. The van der Waals surface area contributed by atoms with Crippen LogP contribution in [0.4, 0.5) is 0 Å². The highest BCUT2D eigenvalue weighted by molar-refractivity contribution is 7.95. The molecule has 0 bridgehead atoms. The number of nitriles is 1. The molecule has 0 amide bonds. The van der Waals surface area contributed by atoms with Gasteiger partial charge in [-0.2, -0.15) is 5.26 Å². The standard InChI is InChI=1S/C22H16ClNO3S/c23-21-12-6-4-9-18(21)16-27-22-13-7-5-8-17(22)14-20(15-24)28(25,26)19-10-2-1-3-11-19/h1-14H,16H2/b20-14+. The van der Waals surface area contributed by atoms with Gasteiger partial charge in [0.05, 0.1) is 4.90 Å². The van der Waals surface area contributed by atoms with Crippen molar-refractivity contribution in [2.75, 3.05) is 0 Å². The average Bonchev–Trinajstić information content (AvgIpc) is 2.72. The van der Waals surface area contributed by atoms with Gasteiger partial charge in [-0.25, -0.2) is 8.42 Å². The quantitative estimate of drug-likeness (QED) is 0.521. The molecule has 0 atom stereocenters. The Hall–Kier alpha value is -3.07. The molecule has 3 aromatic rings. The molecule has 0 spiro atoms. The van der Waals surface area contributed by atoms with Gasteiger partial charge in [-0.05, 0) is 30.3 Å². The Kier molecular flexibility index (Phi) is 6.15. The van der Waals surface area contributed by atoms with Crippen molar-refractivity contribution in [1.29, 1.82) is 5.26 Å². The van der Waals surface area contributed by atoms with Crippen LogP contribution in [-0.4, -0.2) is 8.42 Å². The molecular formula is C22H16ClNO3S. The van der Waals surface area contributed by atoms with Crippen LogP contribution in [0.25, 0.3) is 6.08 Å². The lowest BCUT2D eigenvalue weighted by molar-refractivity contribution is 0.305. The van der Waals surface area contributed by atoms with E-state index in [-0.39, 0.29) is 16.4 Å². The molecule has 6 heteroatoms.